The van der Waals surface area contributed by atoms with E-state index < -0.39 is 6.10 Å². The molecule has 1 aromatic carbocycles. The zero-order valence-electron chi connectivity index (χ0n) is 16.4. The molecule has 154 valence electrons. The zero-order valence-corrected chi connectivity index (χ0v) is 16.4. The van der Waals surface area contributed by atoms with E-state index in [-0.39, 0.29) is 24.3 Å². The van der Waals surface area contributed by atoms with Gasteiger partial charge in [-0.2, -0.15) is 0 Å². The van der Waals surface area contributed by atoms with Crippen molar-refractivity contribution in [1.29, 1.82) is 0 Å². The number of fused-ring (bicyclic) bond motifs is 1. The van der Waals surface area contributed by atoms with Gasteiger partial charge in [-0.3, -0.25) is 4.79 Å². The van der Waals surface area contributed by atoms with Gasteiger partial charge in [-0.1, -0.05) is 6.07 Å². The molecule has 0 unspecified atom stereocenters. The quantitative estimate of drug-likeness (QED) is 0.572. The molecule has 0 amide bonds. The number of carbonyl (C=O) groups excluding carboxylic acids is 1. The fourth-order valence-electron chi connectivity index (χ4n) is 3.64. The van der Waals surface area contributed by atoms with E-state index in [1.54, 1.807) is 13.2 Å². The molecule has 1 saturated heterocycles. The fourth-order valence-corrected chi connectivity index (χ4v) is 3.64. The summed E-state index contributed by atoms with van der Waals surface area (Å²) in [5, 5.41) is 17.2. The van der Waals surface area contributed by atoms with E-state index in [9.17, 15) is 9.90 Å². The first kappa shape index (κ1) is 19.8. The lowest BCUT2D eigenvalue weighted by Crippen LogP contribution is -2.44. The molecule has 0 bridgehead atoms. The van der Waals surface area contributed by atoms with Crippen LogP contribution in [0.25, 0.3) is 0 Å². The Labute approximate surface area is 169 Å². The Kier molecular flexibility index (Phi) is 6.03. The minimum Gasteiger partial charge on any atom is -0.497 e. The van der Waals surface area contributed by atoms with Crippen LogP contribution in [0.15, 0.2) is 30.6 Å². The lowest BCUT2D eigenvalue weighted by Gasteiger charge is -2.30. The van der Waals surface area contributed by atoms with Crippen LogP contribution in [-0.4, -0.2) is 59.4 Å². The lowest BCUT2D eigenvalue weighted by molar-refractivity contribution is 0.0209. The maximum Gasteiger partial charge on any atom is 0.181 e. The number of benzene rings is 1. The number of ether oxygens (including phenoxy) is 2. The van der Waals surface area contributed by atoms with Crippen LogP contribution < -0.4 is 15.4 Å². The second-order valence-corrected chi connectivity index (χ2v) is 7.52. The molecule has 3 heterocycles. The molecule has 2 atom stereocenters. The number of rotatable bonds is 8. The highest BCUT2D eigenvalue weighted by atomic mass is 16.5. The van der Waals surface area contributed by atoms with Gasteiger partial charge in [0.05, 0.1) is 32.5 Å². The number of ketones is 1. The van der Waals surface area contributed by atoms with Gasteiger partial charge in [0.15, 0.2) is 5.78 Å². The van der Waals surface area contributed by atoms with Crippen molar-refractivity contribution in [3.05, 3.63) is 47.4 Å². The van der Waals surface area contributed by atoms with Crippen LogP contribution in [0.5, 0.6) is 5.75 Å². The van der Waals surface area contributed by atoms with E-state index in [0.29, 0.717) is 37.7 Å². The molecular formula is C21H26N4O4. The summed E-state index contributed by atoms with van der Waals surface area (Å²) in [6.07, 6.45) is 2.11. The number of Topliss-reactive ketones (excluding diaryl/α,β-unsaturated/α-hetero) is 1. The summed E-state index contributed by atoms with van der Waals surface area (Å²) >= 11 is 0. The maximum absolute atomic E-state index is 12.5. The summed E-state index contributed by atoms with van der Waals surface area (Å²) < 4.78 is 10.4. The van der Waals surface area contributed by atoms with Crippen molar-refractivity contribution in [2.24, 2.45) is 0 Å². The standard InChI is InChI=1S/C21H26N4O4/c1-28-16-3-2-13-7-17(22-9-14(13)6-16)19(26)4-5-20(27)18-8-21(24-12-23-18)25-15-10-29-11-15/h2-3,6,8,12,15,17,19,22,26H,4-5,7,9-11H2,1H3,(H,23,24,25)/t17-,19+/m0/s1. The molecule has 8 heteroatoms. The Morgan fingerprint density at radius 2 is 2.21 bits per heavy atom. The summed E-state index contributed by atoms with van der Waals surface area (Å²) in [6.45, 7) is 1.96. The molecule has 2 aromatic rings. The van der Waals surface area contributed by atoms with Gasteiger partial charge in [-0.25, -0.2) is 9.97 Å². The monoisotopic (exact) mass is 398 g/mol. The van der Waals surface area contributed by atoms with Crippen LogP contribution in [0.2, 0.25) is 0 Å². The second-order valence-electron chi connectivity index (χ2n) is 7.52. The molecule has 0 radical (unpaired) electrons. The number of hydrogen-bond acceptors (Lipinski definition) is 8. The molecule has 1 fully saturated rings. The Balaban J connectivity index is 1.30. The van der Waals surface area contributed by atoms with Crippen LogP contribution in [0.1, 0.15) is 34.5 Å². The van der Waals surface area contributed by atoms with Gasteiger partial charge in [-0.05, 0) is 36.1 Å². The Morgan fingerprint density at radius 3 is 2.97 bits per heavy atom. The zero-order chi connectivity index (χ0) is 20.2. The van der Waals surface area contributed by atoms with Crippen molar-refractivity contribution >= 4 is 11.6 Å². The van der Waals surface area contributed by atoms with E-state index in [4.69, 9.17) is 9.47 Å². The first-order chi connectivity index (χ1) is 14.1. The third-order valence-corrected chi connectivity index (χ3v) is 5.48. The molecule has 0 saturated carbocycles. The number of methoxy groups -OCH3 is 1. The molecule has 0 spiro atoms. The minimum absolute atomic E-state index is 0.0788. The third kappa shape index (κ3) is 4.72. The van der Waals surface area contributed by atoms with Crippen LogP contribution in [0.3, 0.4) is 0 Å². The average Bonchev–Trinajstić information content (AvgIpc) is 2.73. The predicted molar refractivity (Wildman–Crippen MR) is 107 cm³/mol. The van der Waals surface area contributed by atoms with E-state index in [1.165, 1.54) is 17.5 Å². The van der Waals surface area contributed by atoms with Gasteiger partial charge in [0.2, 0.25) is 0 Å². The van der Waals surface area contributed by atoms with Crippen molar-refractivity contribution in [2.75, 3.05) is 25.6 Å². The number of aliphatic hydroxyl groups excluding tert-OH is 1. The highest BCUT2D eigenvalue weighted by Gasteiger charge is 2.25. The summed E-state index contributed by atoms with van der Waals surface area (Å²) in [6, 6.07) is 7.82. The van der Waals surface area contributed by atoms with Gasteiger partial charge in [-0.15, -0.1) is 0 Å². The molecule has 0 aliphatic carbocycles. The van der Waals surface area contributed by atoms with E-state index in [2.05, 4.69) is 20.6 Å². The highest BCUT2D eigenvalue weighted by Crippen LogP contribution is 2.24. The van der Waals surface area contributed by atoms with Gasteiger partial charge in [0.1, 0.15) is 23.6 Å². The van der Waals surface area contributed by atoms with Crippen LogP contribution in [-0.2, 0) is 17.7 Å². The number of nitrogens with zero attached hydrogens (tertiary/aromatic N) is 2. The Hall–Kier alpha value is -2.55. The fraction of sp³-hybridized carbons (Fsp3) is 0.476. The largest absolute Gasteiger partial charge is 0.497 e. The van der Waals surface area contributed by atoms with Crippen molar-refractivity contribution in [2.45, 2.75) is 44.0 Å². The van der Waals surface area contributed by atoms with Gasteiger partial charge in [0, 0.05) is 25.1 Å². The molecule has 1 aromatic heterocycles. The molecular weight excluding hydrogens is 372 g/mol. The van der Waals surface area contributed by atoms with Crippen molar-refractivity contribution in [3.8, 4) is 5.75 Å². The number of nitrogens with one attached hydrogen (secondary N) is 2. The summed E-state index contributed by atoms with van der Waals surface area (Å²) in [7, 11) is 1.65. The van der Waals surface area contributed by atoms with E-state index in [0.717, 1.165) is 12.2 Å². The van der Waals surface area contributed by atoms with Gasteiger partial charge in [0.25, 0.3) is 0 Å². The number of carbonyl (C=O) groups is 1. The molecule has 29 heavy (non-hydrogen) atoms. The molecule has 2 aliphatic rings. The minimum atomic E-state index is -0.610. The molecule has 2 aliphatic heterocycles. The molecule has 8 nitrogen and oxygen atoms in total. The topological polar surface area (TPSA) is 106 Å². The SMILES string of the molecule is COc1ccc2c(c1)CN[C@H]([C@H](O)CCC(=O)c1cc(NC3COC3)ncn1)C2. The van der Waals surface area contributed by atoms with Crippen molar-refractivity contribution in [3.63, 3.8) is 0 Å². The van der Waals surface area contributed by atoms with Crippen molar-refractivity contribution < 1.29 is 19.4 Å². The normalized spacial score (nSPS) is 19.7. The van der Waals surface area contributed by atoms with Crippen LogP contribution in [0, 0.1) is 0 Å². The first-order valence-corrected chi connectivity index (χ1v) is 9.89. The highest BCUT2D eigenvalue weighted by molar-refractivity contribution is 5.94. The summed E-state index contributed by atoms with van der Waals surface area (Å²) in [5.41, 5.74) is 2.75. The smallest absolute Gasteiger partial charge is 0.181 e. The number of hydrogen-bond donors (Lipinski definition) is 3. The maximum atomic E-state index is 12.5. The first-order valence-electron chi connectivity index (χ1n) is 9.89. The van der Waals surface area contributed by atoms with Crippen molar-refractivity contribution in [1.82, 2.24) is 15.3 Å². The molecule has 4 rings (SSSR count). The Bertz CT molecular complexity index is 872. The van der Waals surface area contributed by atoms with Gasteiger partial charge < -0.3 is 25.2 Å². The second kappa shape index (κ2) is 8.86. The third-order valence-electron chi connectivity index (χ3n) is 5.48. The van der Waals surface area contributed by atoms with Crippen LogP contribution >= 0.6 is 0 Å². The van der Waals surface area contributed by atoms with Crippen LogP contribution in [0.4, 0.5) is 5.82 Å². The van der Waals surface area contributed by atoms with E-state index >= 15 is 0 Å². The summed E-state index contributed by atoms with van der Waals surface area (Å²) in [4.78, 5) is 20.8. The van der Waals surface area contributed by atoms with E-state index in [1.807, 2.05) is 18.2 Å². The van der Waals surface area contributed by atoms with Gasteiger partial charge >= 0.3 is 0 Å². The average molecular weight is 398 g/mol. The Morgan fingerprint density at radius 1 is 1.34 bits per heavy atom. The molecule has 3 N–H and O–H groups in total. The summed E-state index contributed by atoms with van der Waals surface area (Å²) in [5.74, 6) is 1.36. The predicted octanol–water partition coefficient (Wildman–Crippen LogP) is 1.33. The lowest BCUT2D eigenvalue weighted by atomic mass is 9.91. The number of anilines is 1. The number of aromatic nitrogens is 2. The number of aliphatic hydroxyl groups is 1.